The van der Waals surface area contributed by atoms with E-state index in [0.29, 0.717) is 17.4 Å². The number of carbonyl (C=O) groups excluding carboxylic acids is 1. The van der Waals surface area contributed by atoms with Crippen LogP contribution in [-0.4, -0.2) is 34.6 Å². The average molecular weight is 265 g/mol. The minimum absolute atomic E-state index is 0.211. The van der Waals surface area contributed by atoms with Crippen molar-refractivity contribution < 1.29 is 4.79 Å². The third-order valence-electron chi connectivity index (χ3n) is 3.17. The summed E-state index contributed by atoms with van der Waals surface area (Å²) in [5.74, 6) is 1.29. The fourth-order valence-electron chi connectivity index (χ4n) is 2.17. The lowest BCUT2D eigenvalue weighted by Gasteiger charge is -2.30. The maximum absolute atomic E-state index is 12.1. The molecule has 1 amide bonds. The summed E-state index contributed by atoms with van der Waals surface area (Å²) in [5, 5.41) is 0. The van der Waals surface area contributed by atoms with E-state index >= 15 is 0 Å². The van der Waals surface area contributed by atoms with Crippen LogP contribution in [0.4, 0.5) is 5.69 Å². The van der Waals surface area contributed by atoms with Crippen LogP contribution < -0.4 is 5.73 Å². The third-order valence-corrected chi connectivity index (χ3v) is 4.25. The number of carbonyl (C=O) groups is 1. The maximum Gasteiger partial charge on any atom is 0.232 e. The molecule has 0 spiro atoms. The van der Waals surface area contributed by atoms with Crippen molar-refractivity contribution in [2.75, 3.05) is 24.6 Å². The quantitative estimate of drug-likeness (QED) is 0.849. The zero-order chi connectivity index (χ0) is 13.0. The van der Waals surface area contributed by atoms with Gasteiger partial charge in [-0.3, -0.25) is 9.78 Å². The van der Waals surface area contributed by atoms with Crippen molar-refractivity contribution in [3.63, 3.8) is 0 Å². The van der Waals surface area contributed by atoms with Crippen molar-refractivity contribution in [1.82, 2.24) is 9.88 Å². The molecule has 2 rings (SSSR count). The normalized spacial score (nSPS) is 19.8. The van der Waals surface area contributed by atoms with Crippen LogP contribution in [0.1, 0.15) is 19.8 Å². The number of pyridine rings is 1. The lowest BCUT2D eigenvalue weighted by molar-refractivity contribution is -0.130. The van der Waals surface area contributed by atoms with Crippen LogP contribution in [0.25, 0.3) is 0 Å². The Labute approximate surface area is 112 Å². The Morgan fingerprint density at radius 2 is 2.50 bits per heavy atom. The highest BCUT2D eigenvalue weighted by atomic mass is 32.2. The second-order valence-corrected chi connectivity index (χ2v) is 5.81. The molecule has 98 valence electrons. The number of amides is 1. The van der Waals surface area contributed by atoms with Crippen LogP contribution in [0.2, 0.25) is 0 Å². The zero-order valence-electron chi connectivity index (χ0n) is 10.6. The Hall–Kier alpha value is -1.23. The minimum atomic E-state index is 0.211. The molecule has 18 heavy (non-hydrogen) atoms. The van der Waals surface area contributed by atoms with E-state index in [1.807, 2.05) is 11.0 Å². The lowest BCUT2D eigenvalue weighted by Crippen LogP contribution is -2.40. The number of nitrogen functional groups attached to an aromatic ring is 1. The number of thioether (sulfide) groups is 1. The van der Waals surface area contributed by atoms with Crippen molar-refractivity contribution >= 4 is 23.4 Å². The van der Waals surface area contributed by atoms with E-state index in [9.17, 15) is 4.79 Å². The van der Waals surface area contributed by atoms with Gasteiger partial charge in [0.1, 0.15) is 0 Å². The number of nitrogens with two attached hydrogens (primary N) is 1. The van der Waals surface area contributed by atoms with Gasteiger partial charge in [0, 0.05) is 24.2 Å². The van der Waals surface area contributed by atoms with Gasteiger partial charge < -0.3 is 10.6 Å². The van der Waals surface area contributed by atoms with Gasteiger partial charge in [-0.1, -0.05) is 6.92 Å². The van der Waals surface area contributed by atoms with Crippen LogP contribution in [-0.2, 0) is 4.79 Å². The second-order valence-electron chi connectivity index (χ2n) is 4.79. The molecule has 1 unspecified atom stereocenters. The van der Waals surface area contributed by atoms with E-state index in [4.69, 9.17) is 5.73 Å². The highest BCUT2D eigenvalue weighted by Crippen LogP contribution is 2.24. The van der Waals surface area contributed by atoms with Gasteiger partial charge in [-0.05, 0) is 24.8 Å². The number of aromatic nitrogens is 1. The molecule has 1 aliphatic heterocycles. The Morgan fingerprint density at radius 3 is 3.22 bits per heavy atom. The molecule has 5 heteroatoms. The van der Waals surface area contributed by atoms with Gasteiger partial charge in [-0.25, -0.2) is 0 Å². The molecular formula is C13H19N3OS. The van der Waals surface area contributed by atoms with Gasteiger partial charge >= 0.3 is 0 Å². The molecule has 1 aromatic rings. The Kier molecular flexibility index (Phi) is 4.47. The standard InChI is InChI=1S/C13H19N3OS/c1-10-3-2-6-16(8-10)13(17)9-18-12-4-5-15-7-11(12)14/h4-5,7,10H,2-3,6,8-9,14H2,1H3. The van der Waals surface area contributed by atoms with Gasteiger partial charge in [0.15, 0.2) is 0 Å². The Balaban J connectivity index is 1.86. The highest BCUT2D eigenvalue weighted by Gasteiger charge is 2.20. The number of rotatable bonds is 3. The number of nitrogens with zero attached hydrogens (tertiary/aromatic N) is 2. The van der Waals surface area contributed by atoms with Crippen LogP contribution in [0, 0.1) is 5.92 Å². The molecule has 0 aliphatic carbocycles. The second kappa shape index (κ2) is 6.09. The predicted octanol–water partition coefficient (Wildman–Crippen LogP) is 2.01. The SMILES string of the molecule is CC1CCCN(C(=O)CSc2ccncc2N)C1. The molecule has 2 N–H and O–H groups in total. The predicted molar refractivity (Wildman–Crippen MR) is 74.4 cm³/mol. The fraction of sp³-hybridized carbons (Fsp3) is 0.538. The first-order chi connectivity index (χ1) is 8.66. The summed E-state index contributed by atoms with van der Waals surface area (Å²) in [6.07, 6.45) is 5.67. The van der Waals surface area contributed by atoms with E-state index < -0.39 is 0 Å². The van der Waals surface area contributed by atoms with E-state index in [1.165, 1.54) is 18.2 Å². The molecule has 1 saturated heterocycles. The Morgan fingerprint density at radius 1 is 1.67 bits per heavy atom. The molecule has 0 aromatic carbocycles. The first kappa shape index (κ1) is 13.2. The summed E-state index contributed by atoms with van der Waals surface area (Å²) in [5.41, 5.74) is 6.44. The monoisotopic (exact) mass is 265 g/mol. The molecule has 1 aromatic heterocycles. The Bertz CT molecular complexity index is 424. The highest BCUT2D eigenvalue weighted by molar-refractivity contribution is 8.00. The molecule has 1 atom stereocenters. The van der Waals surface area contributed by atoms with Crippen molar-refractivity contribution in [3.8, 4) is 0 Å². The average Bonchev–Trinajstić information content (AvgIpc) is 2.37. The molecule has 2 heterocycles. The number of likely N-dealkylation sites (tertiary alicyclic amines) is 1. The molecule has 0 bridgehead atoms. The molecule has 0 saturated carbocycles. The molecular weight excluding hydrogens is 246 g/mol. The molecule has 0 radical (unpaired) electrons. The summed E-state index contributed by atoms with van der Waals surface area (Å²) >= 11 is 1.49. The smallest absolute Gasteiger partial charge is 0.232 e. The lowest BCUT2D eigenvalue weighted by atomic mass is 10.0. The summed E-state index contributed by atoms with van der Waals surface area (Å²) in [6.45, 7) is 3.99. The number of anilines is 1. The van der Waals surface area contributed by atoms with Crippen molar-refractivity contribution in [2.24, 2.45) is 5.92 Å². The number of piperidine rings is 1. The first-order valence-electron chi connectivity index (χ1n) is 6.27. The van der Waals surface area contributed by atoms with Crippen molar-refractivity contribution in [1.29, 1.82) is 0 Å². The van der Waals surface area contributed by atoms with Gasteiger partial charge in [-0.15, -0.1) is 11.8 Å². The molecule has 1 fully saturated rings. The first-order valence-corrected chi connectivity index (χ1v) is 7.25. The summed E-state index contributed by atoms with van der Waals surface area (Å²) in [7, 11) is 0. The van der Waals surface area contributed by atoms with Gasteiger partial charge in [0.05, 0.1) is 17.6 Å². The number of hydrogen-bond acceptors (Lipinski definition) is 4. The van der Waals surface area contributed by atoms with Gasteiger partial charge in [-0.2, -0.15) is 0 Å². The summed E-state index contributed by atoms with van der Waals surface area (Å²) < 4.78 is 0. The third kappa shape index (κ3) is 3.38. The van der Waals surface area contributed by atoms with Crippen molar-refractivity contribution in [3.05, 3.63) is 18.5 Å². The number of hydrogen-bond donors (Lipinski definition) is 1. The van der Waals surface area contributed by atoms with E-state index in [0.717, 1.165) is 24.4 Å². The maximum atomic E-state index is 12.1. The van der Waals surface area contributed by atoms with E-state index in [2.05, 4.69) is 11.9 Å². The van der Waals surface area contributed by atoms with Crippen LogP contribution in [0.5, 0.6) is 0 Å². The zero-order valence-corrected chi connectivity index (χ0v) is 11.4. The van der Waals surface area contributed by atoms with Crippen LogP contribution in [0.15, 0.2) is 23.4 Å². The largest absolute Gasteiger partial charge is 0.397 e. The van der Waals surface area contributed by atoms with Gasteiger partial charge in [0.25, 0.3) is 0 Å². The van der Waals surface area contributed by atoms with Gasteiger partial charge in [0.2, 0.25) is 5.91 Å². The topological polar surface area (TPSA) is 59.2 Å². The minimum Gasteiger partial charge on any atom is -0.397 e. The summed E-state index contributed by atoms with van der Waals surface area (Å²) in [4.78, 5) is 18.9. The summed E-state index contributed by atoms with van der Waals surface area (Å²) in [6, 6.07) is 1.85. The van der Waals surface area contributed by atoms with E-state index in [-0.39, 0.29) is 5.91 Å². The fourth-order valence-corrected chi connectivity index (χ4v) is 3.01. The van der Waals surface area contributed by atoms with Crippen molar-refractivity contribution in [2.45, 2.75) is 24.7 Å². The van der Waals surface area contributed by atoms with Crippen LogP contribution in [0.3, 0.4) is 0 Å². The van der Waals surface area contributed by atoms with E-state index in [1.54, 1.807) is 12.4 Å². The molecule has 4 nitrogen and oxygen atoms in total. The molecule has 1 aliphatic rings. The van der Waals surface area contributed by atoms with Crippen LogP contribution >= 0.6 is 11.8 Å².